The average molecular weight is 194 g/mol. The zero-order valence-corrected chi connectivity index (χ0v) is 9.21. The average Bonchev–Trinajstić information content (AvgIpc) is 2.61. The lowest BCUT2D eigenvalue weighted by molar-refractivity contribution is 0.0905. The van der Waals surface area contributed by atoms with Crippen LogP contribution in [0.5, 0.6) is 0 Å². The Labute approximate surface area is 85.2 Å². The lowest BCUT2D eigenvalue weighted by atomic mass is 10.3. The van der Waals surface area contributed by atoms with Crippen molar-refractivity contribution in [2.75, 3.05) is 0 Å². The first-order valence-corrected chi connectivity index (χ1v) is 5.33. The summed E-state index contributed by atoms with van der Waals surface area (Å²) in [4.78, 5) is 16.0. The van der Waals surface area contributed by atoms with Crippen LogP contribution < -0.4 is 0 Å². The maximum absolute atomic E-state index is 11.6. The summed E-state index contributed by atoms with van der Waals surface area (Å²) in [5, 5.41) is 0. The molecule has 0 atom stereocenters. The van der Waals surface area contributed by atoms with Crippen molar-refractivity contribution in [3.8, 4) is 0 Å². The van der Waals surface area contributed by atoms with Crippen molar-refractivity contribution in [1.82, 2.24) is 9.55 Å². The topological polar surface area (TPSA) is 34.9 Å². The van der Waals surface area contributed by atoms with Crippen molar-refractivity contribution in [3.63, 3.8) is 0 Å². The Morgan fingerprint density at radius 1 is 1.43 bits per heavy atom. The molecule has 0 bridgehead atoms. The number of aryl methyl sites for hydroxylation is 2. The molecule has 1 aromatic heterocycles. The van der Waals surface area contributed by atoms with Crippen LogP contribution in [0, 0.1) is 0 Å². The Morgan fingerprint density at radius 2 is 2.14 bits per heavy atom. The number of carbonyl (C=O) groups is 1. The van der Waals surface area contributed by atoms with Crippen LogP contribution in [-0.4, -0.2) is 15.5 Å². The molecule has 0 unspecified atom stereocenters. The Kier molecular flexibility index (Phi) is 3.86. The Morgan fingerprint density at radius 3 is 2.64 bits per heavy atom. The zero-order valence-electron chi connectivity index (χ0n) is 9.21. The van der Waals surface area contributed by atoms with Gasteiger partial charge in [-0.1, -0.05) is 20.8 Å². The molecule has 0 amide bonds. The van der Waals surface area contributed by atoms with Gasteiger partial charge in [0.1, 0.15) is 5.82 Å². The molecule has 0 aliphatic carbocycles. The smallest absolute Gasteiger partial charge is 0.231 e. The highest BCUT2D eigenvalue weighted by molar-refractivity contribution is 5.79. The van der Waals surface area contributed by atoms with Crippen molar-refractivity contribution in [3.05, 3.63) is 17.7 Å². The van der Waals surface area contributed by atoms with Crippen molar-refractivity contribution < 1.29 is 4.79 Å². The highest BCUT2D eigenvalue weighted by atomic mass is 16.2. The number of aromatic nitrogens is 2. The zero-order chi connectivity index (χ0) is 10.6. The first-order chi connectivity index (χ1) is 6.72. The highest BCUT2D eigenvalue weighted by Gasteiger charge is 2.10. The van der Waals surface area contributed by atoms with Crippen LogP contribution in [0.2, 0.25) is 0 Å². The van der Waals surface area contributed by atoms with Gasteiger partial charge in [0.15, 0.2) is 0 Å². The van der Waals surface area contributed by atoms with Crippen LogP contribution >= 0.6 is 0 Å². The number of hydrogen-bond donors (Lipinski definition) is 0. The predicted octanol–water partition coefficient (Wildman–Crippen LogP) is 2.45. The molecular weight excluding hydrogens is 176 g/mol. The van der Waals surface area contributed by atoms with Gasteiger partial charge < -0.3 is 0 Å². The van der Waals surface area contributed by atoms with Gasteiger partial charge in [-0.2, -0.15) is 0 Å². The van der Waals surface area contributed by atoms with Gasteiger partial charge in [-0.15, -0.1) is 0 Å². The third-order valence-electron chi connectivity index (χ3n) is 2.24. The summed E-state index contributed by atoms with van der Waals surface area (Å²) in [6.45, 7) is 6.03. The van der Waals surface area contributed by atoms with Crippen LogP contribution in [0.1, 0.15) is 49.9 Å². The molecule has 1 rings (SSSR count). The van der Waals surface area contributed by atoms with Crippen molar-refractivity contribution in [2.45, 2.75) is 46.5 Å². The molecule has 3 heteroatoms. The third-order valence-corrected chi connectivity index (χ3v) is 2.24. The molecule has 1 aromatic rings. The van der Waals surface area contributed by atoms with Gasteiger partial charge in [0.2, 0.25) is 5.91 Å². The van der Waals surface area contributed by atoms with Gasteiger partial charge in [0.05, 0.1) is 5.69 Å². The van der Waals surface area contributed by atoms with E-state index < -0.39 is 0 Å². The quantitative estimate of drug-likeness (QED) is 0.738. The second kappa shape index (κ2) is 4.94. The van der Waals surface area contributed by atoms with E-state index in [9.17, 15) is 4.79 Å². The van der Waals surface area contributed by atoms with E-state index in [4.69, 9.17) is 0 Å². The molecule has 0 spiro atoms. The van der Waals surface area contributed by atoms with E-state index in [0.717, 1.165) is 30.8 Å². The van der Waals surface area contributed by atoms with Gasteiger partial charge in [0.25, 0.3) is 0 Å². The molecule has 1 heterocycles. The summed E-state index contributed by atoms with van der Waals surface area (Å²) in [6, 6.07) is 0. The van der Waals surface area contributed by atoms with E-state index in [1.54, 1.807) is 4.57 Å². The molecule has 0 radical (unpaired) electrons. The monoisotopic (exact) mass is 194 g/mol. The van der Waals surface area contributed by atoms with E-state index in [2.05, 4.69) is 18.8 Å². The standard InChI is InChI=1S/C11H18N2O/c1-4-7-10-12-9(5-2)8-13(10)11(14)6-3/h8H,4-7H2,1-3H3. The summed E-state index contributed by atoms with van der Waals surface area (Å²) >= 11 is 0. The first kappa shape index (κ1) is 11.0. The first-order valence-electron chi connectivity index (χ1n) is 5.33. The molecule has 0 aromatic carbocycles. The second-order valence-electron chi connectivity index (χ2n) is 3.37. The minimum atomic E-state index is 0.139. The fourth-order valence-electron chi connectivity index (χ4n) is 1.43. The molecule has 3 nitrogen and oxygen atoms in total. The van der Waals surface area contributed by atoms with Crippen molar-refractivity contribution in [1.29, 1.82) is 0 Å². The molecule has 14 heavy (non-hydrogen) atoms. The van der Waals surface area contributed by atoms with Crippen LogP contribution in [0.3, 0.4) is 0 Å². The minimum Gasteiger partial charge on any atom is -0.274 e. The van der Waals surface area contributed by atoms with Crippen LogP contribution in [-0.2, 0) is 12.8 Å². The number of imidazole rings is 1. The Bertz CT molecular complexity index is 315. The molecule has 0 N–H and O–H groups in total. The lowest BCUT2D eigenvalue weighted by Crippen LogP contribution is -2.11. The van der Waals surface area contributed by atoms with E-state index in [0.29, 0.717) is 6.42 Å². The highest BCUT2D eigenvalue weighted by Crippen LogP contribution is 2.07. The molecule has 0 aliphatic heterocycles. The van der Waals surface area contributed by atoms with Crippen LogP contribution in [0.4, 0.5) is 0 Å². The van der Waals surface area contributed by atoms with E-state index >= 15 is 0 Å². The normalized spacial score (nSPS) is 10.5. The second-order valence-corrected chi connectivity index (χ2v) is 3.37. The van der Waals surface area contributed by atoms with E-state index in [-0.39, 0.29) is 5.91 Å². The van der Waals surface area contributed by atoms with Crippen LogP contribution in [0.15, 0.2) is 6.20 Å². The maximum Gasteiger partial charge on any atom is 0.231 e. The maximum atomic E-state index is 11.6. The summed E-state index contributed by atoms with van der Waals surface area (Å²) in [5.74, 6) is 1.05. The Hall–Kier alpha value is -1.12. The molecule has 0 fully saturated rings. The number of carbonyl (C=O) groups excluding carboxylic acids is 1. The van der Waals surface area contributed by atoms with Gasteiger partial charge in [-0.25, -0.2) is 4.98 Å². The molecule has 0 aliphatic rings. The number of nitrogens with zero attached hydrogens (tertiary/aromatic N) is 2. The lowest BCUT2D eigenvalue weighted by Gasteiger charge is -2.02. The number of rotatable bonds is 4. The largest absolute Gasteiger partial charge is 0.274 e. The van der Waals surface area contributed by atoms with Crippen LogP contribution in [0.25, 0.3) is 0 Å². The summed E-state index contributed by atoms with van der Waals surface area (Å²) in [7, 11) is 0. The summed E-state index contributed by atoms with van der Waals surface area (Å²) in [5.41, 5.74) is 1.01. The summed E-state index contributed by atoms with van der Waals surface area (Å²) < 4.78 is 1.71. The van der Waals surface area contributed by atoms with Gasteiger partial charge in [0, 0.05) is 19.0 Å². The SMILES string of the molecule is CCCc1nc(CC)cn1C(=O)CC. The molecule has 0 saturated heterocycles. The summed E-state index contributed by atoms with van der Waals surface area (Å²) in [6.07, 6.45) is 5.21. The van der Waals surface area contributed by atoms with Crippen molar-refractivity contribution in [2.24, 2.45) is 0 Å². The Balaban J connectivity index is 2.99. The predicted molar refractivity (Wildman–Crippen MR) is 56.5 cm³/mol. The van der Waals surface area contributed by atoms with E-state index in [1.807, 2.05) is 13.1 Å². The van der Waals surface area contributed by atoms with Crippen molar-refractivity contribution >= 4 is 5.91 Å². The molecule has 78 valence electrons. The molecule has 0 saturated carbocycles. The molecular formula is C11H18N2O. The fraction of sp³-hybridized carbons (Fsp3) is 0.636. The van der Waals surface area contributed by atoms with Gasteiger partial charge in [-0.05, 0) is 12.8 Å². The van der Waals surface area contributed by atoms with Gasteiger partial charge in [-0.3, -0.25) is 9.36 Å². The number of hydrogen-bond acceptors (Lipinski definition) is 2. The van der Waals surface area contributed by atoms with Gasteiger partial charge >= 0.3 is 0 Å². The third kappa shape index (κ3) is 2.22. The van der Waals surface area contributed by atoms with E-state index in [1.165, 1.54) is 0 Å². The fourth-order valence-corrected chi connectivity index (χ4v) is 1.43. The minimum absolute atomic E-state index is 0.139.